The quantitative estimate of drug-likeness (QED) is 0.497. The zero-order chi connectivity index (χ0) is 21.2. The minimum Gasteiger partial charge on any atom is -0.408 e. The fourth-order valence-corrected chi connectivity index (χ4v) is 4.17. The number of para-hydroxylation sites is 2. The molecule has 4 heterocycles. The molecule has 0 saturated carbocycles. The van der Waals surface area contributed by atoms with Crippen LogP contribution in [0.4, 0.5) is 0 Å². The molecule has 1 fully saturated rings. The molecule has 0 unspecified atom stereocenters. The summed E-state index contributed by atoms with van der Waals surface area (Å²) < 4.78 is 6.78. The first-order valence-electron chi connectivity index (χ1n) is 10.3. The van der Waals surface area contributed by atoms with Crippen molar-refractivity contribution in [1.82, 2.24) is 24.4 Å². The van der Waals surface area contributed by atoms with Crippen molar-refractivity contribution in [2.24, 2.45) is 0 Å². The van der Waals surface area contributed by atoms with Gasteiger partial charge < -0.3 is 9.32 Å². The number of rotatable bonds is 5. The minimum absolute atomic E-state index is 0.0158. The molecule has 4 aromatic rings. The van der Waals surface area contributed by atoms with E-state index in [2.05, 4.69) is 15.0 Å². The van der Waals surface area contributed by atoms with Gasteiger partial charge in [0.1, 0.15) is 6.33 Å². The Bertz CT molecular complexity index is 1260. The molecule has 156 valence electrons. The number of hydrogen-bond donors (Lipinski definition) is 0. The Morgan fingerprint density at radius 1 is 1.06 bits per heavy atom. The molecule has 5 rings (SSSR count). The molecule has 1 aliphatic rings. The number of carbonyl (C=O) groups is 1. The molecule has 1 aliphatic heterocycles. The van der Waals surface area contributed by atoms with Crippen LogP contribution in [0.25, 0.3) is 22.2 Å². The molecule has 0 N–H and O–H groups in total. The van der Waals surface area contributed by atoms with Crippen LogP contribution in [-0.4, -0.2) is 36.9 Å². The summed E-state index contributed by atoms with van der Waals surface area (Å²) in [6.45, 7) is 0.985. The van der Waals surface area contributed by atoms with Crippen LogP contribution in [0.15, 0.2) is 70.5 Å². The lowest BCUT2D eigenvalue weighted by molar-refractivity contribution is -0.132. The van der Waals surface area contributed by atoms with Gasteiger partial charge in [-0.2, -0.15) is 0 Å². The van der Waals surface area contributed by atoms with Crippen LogP contribution in [0.1, 0.15) is 31.0 Å². The number of likely N-dealkylation sites (tertiary alicyclic amines) is 1. The molecular formula is C23H21N5O3. The monoisotopic (exact) mass is 415 g/mol. The van der Waals surface area contributed by atoms with Crippen LogP contribution in [0.3, 0.4) is 0 Å². The number of benzene rings is 1. The summed E-state index contributed by atoms with van der Waals surface area (Å²) in [6, 6.07) is 11.1. The first kappa shape index (κ1) is 19.2. The van der Waals surface area contributed by atoms with Gasteiger partial charge in [0.05, 0.1) is 17.3 Å². The third-order valence-corrected chi connectivity index (χ3v) is 5.72. The lowest BCUT2D eigenvalue weighted by atomic mass is 10.1. The molecule has 1 aromatic carbocycles. The average Bonchev–Trinajstić information content (AvgIpc) is 3.42. The smallest absolute Gasteiger partial charge is 0.408 e. The summed E-state index contributed by atoms with van der Waals surface area (Å²) >= 11 is 0. The number of hydrogen-bond acceptors (Lipinski definition) is 6. The van der Waals surface area contributed by atoms with E-state index in [4.69, 9.17) is 4.42 Å². The van der Waals surface area contributed by atoms with Crippen molar-refractivity contribution >= 4 is 17.0 Å². The standard InChI is InChI=1S/C23H21N5O3/c29-22(9-11-28-20-4-1-2-6-21(20)31-23(28)30)27-10-3-5-19(27)18-8-7-16(14-26-18)17-12-24-15-25-13-17/h1-2,4,6-8,12-15,19H,3,5,9-11H2/t19-/m0/s1. The zero-order valence-corrected chi connectivity index (χ0v) is 16.8. The van der Waals surface area contributed by atoms with Gasteiger partial charge in [-0.3, -0.25) is 14.3 Å². The summed E-state index contributed by atoms with van der Waals surface area (Å²) in [7, 11) is 0. The Hall–Kier alpha value is -3.81. The normalized spacial score (nSPS) is 16.1. The molecule has 0 bridgehead atoms. The highest BCUT2D eigenvalue weighted by Crippen LogP contribution is 2.32. The molecule has 1 atom stereocenters. The predicted molar refractivity (Wildman–Crippen MR) is 114 cm³/mol. The van der Waals surface area contributed by atoms with Gasteiger partial charge in [-0.15, -0.1) is 0 Å². The molecule has 0 spiro atoms. The minimum atomic E-state index is -0.436. The van der Waals surface area contributed by atoms with Gasteiger partial charge >= 0.3 is 5.76 Å². The van der Waals surface area contributed by atoms with E-state index in [-0.39, 0.29) is 24.9 Å². The molecule has 0 aliphatic carbocycles. The van der Waals surface area contributed by atoms with Crippen molar-refractivity contribution in [1.29, 1.82) is 0 Å². The fourth-order valence-electron chi connectivity index (χ4n) is 4.17. The SMILES string of the molecule is O=C(CCn1c(=O)oc2ccccc21)N1CCC[C@H]1c1ccc(-c2cncnc2)cn1. The number of oxazole rings is 1. The maximum absolute atomic E-state index is 13.0. The Morgan fingerprint density at radius 3 is 2.71 bits per heavy atom. The number of nitrogens with zero attached hydrogens (tertiary/aromatic N) is 5. The van der Waals surface area contributed by atoms with Crippen LogP contribution in [-0.2, 0) is 11.3 Å². The van der Waals surface area contributed by atoms with E-state index in [1.165, 1.54) is 10.9 Å². The van der Waals surface area contributed by atoms with Crippen LogP contribution in [0.5, 0.6) is 0 Å². The van der Waals surface area contributed by atoms with E-state index >= 15 is 0 Å². The zero-order valence-electron chi connectivity index (χ0n) is 16.8. The number of aryl methyl sites for hydroxylation is 1. The highest BCUT2D eigenvalue weighted by atomic mass is 16.4. The van der Waals surface area contributed by atoms with Gasteiger partial charge in [0, 0.05) is 49.2 Å². The summed E-state index contributed by atoms with van der Waals surface area (Å²) in [5, 5.41) is 0. The van der Waals surface area contributed by atoms with E-state index < -0.39 is 5.76 Å². The largest absolute Gasteiger partial charge is 0.419 e. The summed E-state index contributed by atoms with van der Waals surface area (Å²) in [5.74, 6) is -0.420. The van der Waals surface area contributed by atoms with Crippen molar-refractivity contribution < 1.29 is 9.21 Å². The number of carbonyl (C=O) groups excluding carboxylic acids is 1. The number of amides is 1. The predicted octanol–water partition coefficient (Wildman–Crippen LogP) is 3.20. The topological polar surface area (TPSA) is 94.1 Å². The molecule has 3 aromatic heterocycles. The highest BCUT2D eigenvalue weighted by Gasteiger charge is 2.30. The number of fused-ring (bicyclic) bond motifs is 1. The lowest BCUT2D eigenvalue weighted by Crippen LogP contribution is -2.32. The van der Waals surface area contributed by atoms with Crippen molar-refractivity contribution in [3.63, 3.8) is 0 Å². The number of aromatic nitrogens is 4. The molecule has 0 radical (unpaired) electrons. The Morgan fingerprint density at radius 2 is 1.90 bits per heavy atom. The Balaban J connectivity index is 1.30. The second kappa shape index (κ2) is 8.14. The van der Waals surface area contributed by atoms with E-state index in [0.717, 1.165) is 29.7 Å². The lowest BCUT2D eigenvalue weighted by Gasteiger charge is -2.24. The third kappa shape index (κ3) is 3.72. The van der Waals surface area contributed by atoms with Gasteiger partial charge in [0.25, 0.3) is 0 Å². The number of pyridine rings is 1. The summed E-state index contributed by atoms with van der Waals surface area (Å²) in [5.41, 5.74) is 3.95. The van der Waals surface area contributed by atoms with Crippen molar-refractivity contribution in [2.45, 2.75) is 31.8 Å². The van der Waals surface area contributed by atoms with E-state index in [1.807, 2.05) is 35.2 Å². The maximum atomic E-state index is 13.0. The van der Waals surface area contributed by atoms with Crippen molar-refractivity contribution in [3.8, 4) is 11.1 Å². The molecule has 1 saturated heterocycles. The van der Waals surface area contributed by atoms with Gasteiger partial charge in [0.15, 0.2) is 5.58 Å². The van der Waals surface area contributed by atoms with Crippen LogP contribution >= 0.6 is 0 Å². The Kier molecular flexibility index (Phi) is 5.03. The van der Waals surface area contributed by atoms with Gasteiger partial charge in [-0.05, 0) is 31.0 Å². The average molecular weight is 415 g/mol. The fraction of sp³-hybridized carbons (Fsp3) is 0.261. The third-order valence-electron chi connectivity index (χ3n) is 5.72. The van der Waals surface area contributed by atoms with Gasteiger partial charge in [-0.1, -0.05) is 18.2 Å². The van der Waals surface area contributed by atoms with Gasteiger partial charge in [-0.25, -0.2) is 14.8 Å². The molecule has 8 heteroatoms. The van der Waals surface area contributed by atoms with Crippen molar-refractivity contribution in [2.75, 3.05) is 6.54 Å². The second-order valence-electron chi connectivity index (χ2n) is 7.58. The van der Waals surface area contributed by atoms with Gasteiger partial charge in [0.2, 0.25) is 5.91 Å². The van der Waals surface area contributed by atoms with E-state index in [0.29, 0.717) is 17.6 Å². The summed E-state index contributed by atoms with van der Waals surface area (Å²) in [6.07, 6.45) is 8.83. The first-order valence-corrected chi connectivity index (χ1v) is 10.3. The van der Waals surface area contributed by atoms with Crippen LogP contribution in [0.2, 0.25) is 0 Å². The molecule has 8 nitrogen and oxygen atoms in total. The first-order chi connectivity index (χ1) is 15.2. The Labute approximate surface area is 178 Å². The second-order valence-corrected chi connectivity index (χ2v) is 7.58. The van der Waals surface area contributed by atoms with Crippen LogP contribution in [0, 0.1) is 0 Å². The summed E-state index contributed by atoms with van der Waals surface area (Å²) in [4.78, 5) is 39.7. The molecular weight excluding hydrogens is 394 g/mol. The van der Waals surface area contributed by atoms with E-state index in [9.17, 15) is 9.59 Å². The molecule has 31 heavy (non-hydrogen) atoms. The van der Waals surface area contributed by atoms with E-state index in [1.54, 1.807) is 24.7 Å². The molecule has 1 amide bonds. The highest BCUT2D eigenvalue weighted by molar-refractivity contribution is 5.77. The maximum Gasteiger partial charge on any atom is 0.419 e. The van der Waals surface area contributed by atoms with Crippen LogP contribution < -0.4 is 5.76 Å². The van der Waals surface area contributed by atoms with Crippen molar-refractivity contribution in [3.05, 3.63) is 77.6 Å².